The van der Waals surface area contributed by atoms with Crippen LogP contribution in [-0.2, 0) is 28.8 Å². The van der Waals surface area contributed by atoms with Crippen LogP contribution in [0.25, 0.3) is 11.1 Å². The molecule has 0 aliphatic heterocycles. The molecule has 0 saturated heterocycles. The molecule has 47 heavy (non-hydrogen) atoms. The first-order valence-electron chi connectivity index (χ1n) is 17.9. The molecule has 2 aromatic carbocycles. The summed E-state index contributed by atoms with van der Waals surface area (Å²) in [5, 5.41) is 39.5. The van der Waals surface area contributed by atoms with Crippen molar-refractivity contribution in [2.75, 3.05) is 39.6 Å². The summed E-state index contributed by atoms with van der Waals surface area (Å²) in [6, 6.07) is 11.2. The van der Waals surface area contributed by atoms with Crippen molar-refractivity contribution in [1.82, 2.24) is 0 Å². The minimum Gasteiger partial charge on any atom is -0.492 e. The van der Waals surface area contributed by atoms with Crippen LogP contribution in [0.4, 0.5) is 0 Å². The van der Waals surface area contributed by atoms with Crippen molar-refractivity contribution in [3.8, 4) is 16.9 Å². The Morgan fingerprint density at radius 3 is 2.11 bits per heavy atom. The molecule has 0 radical (unpaired) electrons. The first-order chi connectivity index (χ1) is 22.7. The molecule has 0 heterocycles. The van der Waals surface area contributed by atoms with Crippen molar-refractivity contribution >= 4 is 5.97 Å². The molecule has 0 spiro atoms. The number of aryl methyl sites for hydroxylation is 3. The average molecular weight is 653 g/mol. The Morgan fingerprint density at radius 2 is 1.53 bits per heavy atom. The topological polar surface area (TPSA) is 116 Å². The number of aliphatic hydroxyl groups is 4. The number of rotatable bonds is 21. The second-order valence-electron chi connectivity index (χ2n) is 13.7. The van der Waals surface area contributed by atoms with Gasteiger partial charge in [-0.3, -0.25) is 0 Å². The lowest BCUT2D eigenvalue weighted by Crippen LogP contribution is -2.40. The van der Waals surface area contributed by atoms with E-state index in [-0.39, 0.29) is 19.8 Å². The number of carbonyl (C=O) groups is 1. The summed E-state index contributed by atoms with van der Waals surface area (Å²) in [5.41, 5.74) is 5.97. The summed E-state index contributed by atoms with van der Waals surface area (Å²) in [6.07, 6.45) is 13.6. The molecular weight excluding hydrogens is 592 g/mol. The number of aliphatic hydroxyl groups excluding tert-OH is 4. The second-order valence-corrected chi connectivity index (χ2v) is 13.7. The normalized spacial score (nSPS) is 16.7. The third-order valence-electron chi connectivity index (χ3n) is 9.90. The van der Waals surface area contributed by atoms with Gasteiger partial charge in [0.15, 0.2) is 0 Å². The molecule has 4 N–H and O–H groups in total. The fraction of sp³-hybridized carbons (Fsp3) is 0.625. The molecule has 3 rings (SSSR count). The van der Waals surface area contributed by atoms with E-state index in [4.69, 9.17) is 9.47 Å². The maximum atomic E-state index is 12.0. The summed E-state index contributed by atoms with van der Waals surface area (Å²) >= 11 is 0. The van der Waals surface area contributed by atoms with Crippen LogP contribution in [0.1, 0.15) is 113 Å². The highest BCUT2D eigenvalue weighted by Crippen LogP contribution is 2.40. The van der Waals surface area contributed by atoms with Gasteiger partial charge in [0.05, 0.1) is 31.8 Å². The van der Waals surface area contributed by atoms with Gasteiger partial charge in [-0.1, -0.05) is 64.3 Å². The van der Waals surface area contributed by atoms with Gasteiger partial charge in [-0.05, 0) is 122 Å². The largest absolute Gasteiger partial charge is 0.492 e. The van der Waals surface area contributed by atoms with E-state index in [2.05, 4.69) is 50.8 Å². The molecule has 0 bridgehead atoms. The Hall–Kier alpha value is -2.71. The molecule has 0 aromatic heterocycles. The highest BCUT2D eigenvalue weighted by atomic mass is 16.5. The Morgan fingerprint density at radius 1 is 0.872 bits per heavy atom. The third kappa shape index (κ3) is 11.2. The van der Waals surface area contributed by atoms with Crippen LogP contribution >= 0.6 is 0 Å². The number of unbranched alkanes of at least 4 members (excludes halogenated alkanes) is 2. The molecular formula is C40H60O7. The van der Waals surface area contributed by atoms with Gasteiger partial charge in [0.25, 0.3) is 0 Å². The van der Waals surface area contributed by atoms with Crippen LogP contribution in [-0.4, -0.2) is 66.0 Å². The van der Waals surface area contributed by atoms with E-state index < -0.39 is 31.2 Å². The van der Waals surface area contributed by atoms with Crippen molar-refractivity contribution in [3.05, 3.63) is 64.7 Å². The van der Waals surface area contributed by atoms with E-state index in [9.17, 15) is 25.2 Å². The van der Waals surface area contributed by atoms with Crippen molar-refractivity contribution in [2.45, 2.75) is 110 Å². The zero-order valence-corrected chi connectivity index (χ0v) is 29.2. The fourth-order valence-electron chi connectivity index (χ4n) is 6.71. The van der Waals surface area contributed by atoms with Crippen molar-refractivity contribution < 1.29 is 34.7 Å². The van der Waals surface area contributed by atoms with E-state index >= 15 is 0 Å². The van der Waals surface area contributed by atoms with Gasteiger partial charge in [0.1, 0.15) is 12.4 Å². The summed E-state index contributed by atoms with van der Waals surface area (Å²) in [5.74, 6) is 1.68. The van der Waals surface area contributed by atoms with Crippen LogP contribution in [0.2, 0.25) is 0 Å². The Balaban J connectivity index is 1.95. The molecule has 7 nitrogen and oxygen atoms in total. The molecule has 262 valence electrons. The minimum absolute atomic E-state index is 0.0273. The summed E-state index contributed by atoms with van der Waals surface area (Å²) in [6.45, 7) is 8.65. The number of esters is 1. The lowest BCUT2D eigenvalue weighted by molar-refractivity contribution is -0.139. The quantitative estimate of drug-likeness (QED) is 0.0647. The fourth-order valence-corrected chi connectivity index (χ4v) is 6.71. The third-order valence-corrected chi connectivity index (χ3v) is 9.90. The molecule has 1 fully saturated rings. The van der Waals surface area contributed by atoms with E-state index in [1.165, 1.54) is 68.1 Å². The predicted octanol–water partition coefficient (Wildman–Crippen LogP) is 7.09. The van der Waals surface area contributed by atoms with Gasteiger partial charge < -0.3 is 29.9 Å². The van der Waals surface area contributed by atoms with Gasteiger partial charge in [0.2, 0.25) is 0 Å². The van der Waals surface area contributed by atoms with Crippen molar-refractivity contribution in [2.24, 2.45) is 11.3 Å². The summed E-state index contributed by atoms with van der Waals surface area (Å²) in [7, 11) is 0. The lowest BCUT2D eigenvalue weighted by Gasteiger charge is -2.30. The Labute approximate surface area is 283 Å². The average Bonchev–Trinajstić information content (AvgIpc) is 3.10. The Kier molecular flexibility index (Phi) is 16.4. The molecule has 0 amide bonds. The van der Waals surface area contributed by atoms with Gasteiger partial charge in [-0.2, -0.15) is 0 Å². The van der Waals surface area contributed by atoms with Gasteiger partial charge in [-0.25, -0.2) is 4.79 Å². The van der Waals surface area contributed by atoms with Crippen LogP contribution in [0, 0.1) is 11.3 Å². The van der Waals surface area contributed by atoms with Gasteiger partial charge in [0, 0.05) is 12.2 Å². The number of hydrogen-bond acceptors (Lipinski definition) is 7. The SMILES string of the molecule is C=C(C)C(=O)OCCCc1cc(-c2ccc(C3CCC(CCCCC)CC3)cc2CC)cc(CCCO)c1OCC(CO)(CO)CO. The van der Waals surface area contributed by atoms with Crippen LogP contribution in [0.3, 0.4) is 0 Å². The van der Waals surface area contributed by atoms with E-state index in [0.717, 1.165) is 29.0 Å². The molecule has 0 unspecified atom stereocenters. The standard InChI is InChI=1S/C40H60O7/c1-5-7-8-11-30-14-16-32(17-15-30)33-18-19-37(31(6-2)22-33)36-23-34(12-9-20-41)38(47-28-40(25-42,26-43)27-44)35(24-36)13-10-21-46-39(45)29(3)4/h18-19,22-24,30,32,41-44H,3,5-17,20-21,25-28H2,1-2,4H3. The number of ether oxygens (including phenoxy) is 2. The first kappa shape index (κ1) is 38.7. The van der Waals surface area contributed by atoms with E-state index in [0.29, 0.717) is 42.9 Å². The van der Waals surface area contributed by atoms with Crippen molar-refractivity contribution in [3.63, 3.8) is 0 Å². The molecule has 7 heteroatoms. The Bertz CT molecular complexity index is 1250. The smallest absolute Gasteiger partial charge is 0.333 e. The summed E-state index contributed by atoms with van der Waals surface area (Å²) < 4.78 is 11.7. The number of carbonyl (C=O) groups excluding carboxylic acids is 1. The zero-order valence-electron chi connectivity index (χ0n) is 29.2. The van der Waals surface area contributed by atoms with Gasteiger partial charge in [-0.15, -0.1) is 0 Å². The zero-order chi connectivity index (χ0) is 34.2. The van der Waals surface area contributed by atoms with E-state index in [1.54, 1.807) is 6.92 Å². The molecule has 0 atom stereocenters. The molecule has 1 aliphatic rings. The molecule has 2 aromatic rings. The molecule has 1 aliphatic carbocycles. The molecule has 1 saturated carbocycles. The second kappa shape index (κ2) is 20.0. The number of hydrogen-bond donors (Lipinski definition) is 4. The maximum absolute atomic E-state index is 12.0. The van der Waals surface area contributed by atoms with Crippen LogP contribution in [0.5, 0.6) is 5.75 Å². The monoisotopic (exact) mass is 652 g/mol. The lowest BCUT2D eigenvalue weighted by atomic mass is 9.76. The van der Waals surface area contributed by atoms with Gasteiger partial charge >= 0.3 is 5.97 Å². The highest BCUT2D eigenvalue weighted by Gasteiger charge is 2.30. The van der Waals surface area contributed by atoms with E-state index in [1.807, 2.05) is 0 Å². The maximum Gasteiger partial charge on any atom is 0.333 e. The first-order valence-corrected chi connectivity index (χ1v) is 17.9. The number of benzene rings is 2. The van der Waals surface area contributed by atoms with Crippen LogP contribution < -0.4 is 4.74 Å². The highest BCUT2D eigenvalue weighted by molar-refractivity contribution is 5.86. The van der Waals surface area contributed by atoms with Crippen molar-refractivity contribution in [1.29, 1.82) is 0 Å². The minimum atomic E-state index is -1.19. The summed E-state index contributed by atoms with van der Waals surface area (Å²) in [4.78, 5) is 12.0. The van der Waals surface area contributed by atoms with Crippen LogP contribution in [0.15, 0.2) is 42.5 Å². The predicted molar refractivity (Wildman–Crippen MR) is 189 cm³/mol.